The van der Waals surface area contributed by atoms with E-state index in [0.717, 1.165) is 66.6 Å². The number of hydrogen-bond donors (Lipinski definition) is 3. The Hall–Kier alpha value is -2.94. The molecule has 0 radical (unpaired) electrons. The van der Waals surface area contributed by atoms with Crippen LogP contribution in [-0.4, -0.2) is 59.6 Å². The molecule has 0 saturated carbocycles. The maximum absolute atomic E-state index is 4.88. The average molecular weight is 448 g/mol. The van der Waals surface area contributed by atoms with E-state index in [1.165, 1.54) is 11.3 Å². The minimum atomic E-state index is 0.601. The number of anilines is 3. The molecule has 7 nitrogen and oxygen atoms in total. The molecule has 0 unspecified atom stereocenters. The Morgan fingerprint density at radius 1 is 1.06 bits per heavy atom. The summed E-state index contributed by atoms with van der Waals surface area (Å²) in [7, 11) is 2.18. The molecule has 0 amide bonds. The highest BCUT2D eigenvalue weighted by molar-refractivity contribution is 7.13. The molecule has 1 saturated heterocycles. The molecular weight excluding hydrogens is 418 g/mol. The van der Waals surface area contributed by atoms with E-state index in [2.05, 4.69) is 75.1 Å². The summed E-state index contributed by atoms with van der Waals surface area (Å²) in [6.07, 6.45) is 1.92. The number of nitrogens with one attached hydrogen (secondary N) is 3. The van der Waals surface area contributed by atoms with Gasteiger partial charge in [0.2, 0.25) is 5.95 Å². The lowest BCUT2D eigenvalue weighted by atomic mass is 10.2. The topological polar surface area (TPSA) is 72.1 Å². The van der Waals surface area contributed by atoms with Crippen molar-refractivity contribution in [2.45, 2.75) is 13.5 Å². The summed E-state index contributed by atoms with van der Waals surface area (Å²) in [4.78, 5) is 18.8. The maximum atomic E-state index is 4.88. The number of likely N-dealkylation sites (N-methyl/N-ethyl adjacent to an activating group) is 1. The fourth-order valence-corrected chi connectivity index (χ4v) is 4.91. The van der Waals surface area contributed by atoms with E-state index in [4.69, 9.17) is 9.97 Å². The minimum absolute atomic E-state index is 0.601. The van der Waals surface area contributed by atoms with Gasteiger partial charge >= 0.3 is 0 Å². The zero-order valence-corrected chi connectivity index (χ0v) is 19.4. The smallest absolute Gasteiger partial charge is 0.229 e. The first-order valence-corrected chi connectivity index (χ1v) is 12.0. The van der Waals surface area contributed by atoms with Crippen molar-refractivity contribution >= 4 is 39.7 Å². The van der Waals surface area contributed by atoms with E-state index >= 15 is 0 Å². The second-order valence-electron chi connectivity index (χ2n) is 8.20. The van der Waals surface area contributed by atoms with Gasteiger partial charge in [0.1, 0.15) is 5.65 Å². The third-order valence-electron chi connectivity index (χ3n) is 5.87. The van der Waals surface area contributed by atoms with Crippen LogP contribution in [0.5, 0.6) is 0 Å². The third kappa shape index (κ3) is 4.48. The van der Waals surface area contributed by atoms with Gasteiger partial charge in [0.15, 0.2) is 0 Å². The first-order valence-electron chi connectivity index (χ1n) is 11.1. The summed E-state index contributed by atoms with van der Waals surface area (Å²) in [6, 6.07) is 12.8. The second-order valence-corrected chi connectivity index (χ2v) is 9.11. The Morgan fingerprint density at radius 3 is 2.66 bits per heavy atom. The average Bonchev–Trinajstić information content (AvgIpc) is 3.48. The predicted octanol–water partition coefficient (Wildman–Crippen LogP) is 4.29. The summed E-state index contributed by atoms with van der Waals surface area (Å²) in [6.45, 7) is 8.29. The molecule has 4 heterocycles. The van der Waals surface area contributed by atoms with Crippen LogP contribution >= 0.6 is 11.3 Å². The lowest BCUT2D eigenvalue weighted by molar-refractivity contribution is 0.313. The molecule has 0 spiro atoms. The van der Waals surface area contributed by atoms with Crippen molar-refractivity contribution in [2.24, 2.45) is 0 Å². The SMILES string of the molecule is CCNCc1csc(-c2nc(Nc3ccc(N4CCN(C)CC4)cc3)nc3[nH]ccc23)c1. The van der Waals surface area contributed by atoms with Crippen LogP contribution in [0.3, 0.4) is 0 Å². The predicted molar refractivity (Wildman–Crippen MR) is 134 cm³/mol. The minimum Gasteiger partial charge on any atom is -0.369 e. The molecule has 32 heavy (non-hydrogen) atoms. The highest BCUT2D eigenvalue weighted by atomic mass is 32.1. The van der Waals surface area contributed by atoms with Crippen molar-refractivity contribution < 1.29 is 0 Å². The molecule has 3 N–H and O–H groups in total. The summed E-state index contributed by atoms with van der Waals surface area (Å²) in [5, 5.41) is 10.0. The number of H-pyrrole nitrogens is 1. The Labute approximate surface area is 192 Å². The van der Waals surface area contributed by atoms with Gasteiger partial charge in [0.05, 0.1) is 10.6 Å². The van der Waals surface area contributed by atoms with E-state index in [-0.39, 0.29) is 0 Å². The fraction of sp³-hybridized carbons (Fsp3) is 0.333. The van der Waals surface area contributed by atoms with Gasteiger partial charge in [-0.25, -0.2) is 4.98 Å². The largest absolute Gasteiger partial charge is 0.369 e. The van der Waals surface area contributed by atoms with E-state index in [0.29, 0.717) is 5.95 Å². The fourth-order valence-electron chi connectivity index (χ4n) is 4.00. The van der Waals surface area contributed by atoms with Gasteiger partial charge in [-0.1, -0.05) is 6.92 Å². The lowest BCUT2D eigenvalue weighted by Crippen LogP contribution is -2.44. The molecule has 0 bridgehead atoms. The highest BCUT2D eigenvalue weighted by Crippen LogP contribution is 2.32. The number of rotatable bonds is 7. The van der Waals surface area contributed by atoms with Gasteiger partial charge in [-0.3, -0.25) is 0 Å². The molecule has 8 heteroatoms. The van der Waals surface area contributed by atoms with Crippen molar-refractivity contribution in [2.75, 3.05) is 50.0 Å². The summed E-state index contributed by atoms with van der Waals surface area (Å²) in [5.74, 6) is 0.601. The molecule has 166 valence electrons. The van der Waals surface area contributed by atoms with Crippen LogP contribution in [0.25, 0.3) is 21.6 Å². The molecule has 5 rings (SSSR count). The quantitative estimate of drug-likeness (QED) is 0.393. The normalized spacial score (nSPS) is 14.9. The van der Waals surface area contributed by atoms with E-state index in [9.17, 15) is 0 Å². The summed E-state index contributed by atoms with van der Waals surface area (Å²) >= 11 is 1.72. The van der Waals surface area contributed by atoms with Crippen molar-refractivity contribution in [1.82, 2.24) is 25.2 Å². The molecule has 0 aliphatic carbocycles. The first-order chi connectivity index (χ1) is 15.7. The summed E-state index contributed by atoms with van der Waals surface area (Å²) < 4.78 is 0. The zero-order valence-electron chi connectivity index (χ0n) is 18.6. The number of aromatic amines is 1. The third-order valence-corrected chi connectivity index (χ3v) is 6.86. The van der Waals surface area contributed by atoms with E-state index < -0.39 is 0 Å². The molecule has 1 aliphatic rings. The maximum Gasteiger partial charge on any atom is 0.229 e. The van der Waals surface area contributed by atoms with E-state index in [1.54, 1.807) is 11.3 Å². The molecule has 1 fully saturated rings. The number of aromatic nitrogens is 3. The monoisotopic (exact) mass is 447 g/mol. The van der Waals surface area contributed by atoms with E-state index in [1.807, 2.05) is 12.3 Å². The molecule has 1 aromatic carbocycles. The number of hydrogen-bond acceptors (Lipinski definition) is 7. The van der Waals surface area contributed by atoms with Crippen LogP contribution in [0.4, 0.5) is 17.3 Å². The number of benzene rings is 1. The second kappa shape index (κ2) is 9.28. The van der Waals surface area contributed by atoms with Crippen molar-refractivity contribution in [1.29, 1.82) is 0 Å². The van der Waals surface area contributed by atoms with Gasteiger partial charge in [0.25, 0.3) is 0 Å². The van der Waals surface area contributed by atoms with Crippen LogP contribution in [-0.2, 0) is 6.54 Å². The Bertz CT molecular complexity index is 1170. The number of fused-ring (bicyclic) bond motifs is 1. The molecule has 0 atom stereocenters. The van der Waals surface area contributed by atoms with Crippen LogP contribution in [0, 0.1) is 0 Å². The van der Waals surface area contributed by atoms with Crippen molar-refractivity contribution in [3.63, 3.8) is 0 Å². The molecular formula is C24H29N7S. The first kappa shape index (κ1) is 20.9. The zero-order chi connectivity index (χ0) is 21.9. The van der Waals surface area contributed by atoms with Crippen LogP contribution in [0.15, 0.2) is 48.0 Å². The Morgan fingerprint density at radius 2 is 1.88 bits per heavy atom. The van der Waals surface area contributed by atoms with Gasteiger partial charge in [-0.05, 0) is 60.9 Å². The number of nitrogens with zero attached hydrogens (tertiary/aromatic N) is 4. The van der Waals surface area contributed by atoms with Crippen LogP contribution in [0.2, 0.25) is 0 Å². The number of piperazine rings is 1. The Balaban J connectivity index is 1.37. The van der Waals surface area contributed by atoms with Crippen molar-refractivity contribution in [3.05, 3.63) is 53.5 Å². The molecule has 4 aromatic rings. The van der Waals surface area contributed by atoms with Gasteiger partial charge in [0, 0.05) is 55.7 Å². The Kier molecular flexibility index (Phi) is 6.07. The van der Waals surface area contributed by atoms with Crippen LogP contribution in [0.1, 0.15) is 12.5 Å². The van der Waals surface area contributed by atoms with Gasteiger partial charge in [-0.15, -0.1) is 11.3 Å². The summed E-state index contributed by atoms with van der Waals surface area (Å²) in [5.41, 5.74) is 5.33. The van der Waals surface area contributed by atoms with Gasteiger partial charge < -0.3 is 25.4 Å². The standard InChI is InChI=1S/C24H29N7S/c1-3-25-15-17-14-21(32-16-17)22-20-8-9-26-23(20)29-24(28-22)27-18-4-6-19(7-5-18)31-12-10-30(2)11-13-31/h4-9,14,16,25H,3,10-13,15H2,1-2H3,(H2,26,27,28,29). The molecule has 3 aromatic heterocycles. The number of thiophene rings is 1. The highest BCUT2D eigenvalue weighted by Gasteiger charge is 2.15. The van der Waals surface area contributed by atoms with Gasteiger partial charge in [-0.2, -0.15) is 4.98 Å². The van der Waals surface area contributed by atoms with Crippen molar-refractivity contribution in [3.8, 4) is 10.6 Å². The lowest BCUT2D eigenvalue weighted by Gasteiger charge is -2.34. The molecule has 1 aliphatic heterocycles. The van der Waals surface area contributed by atoms with Crippen LogP contribution < -0.4 is 15.5 Å².